The van der Waals surface area contributed by atoms with E-state index in [0.717, 1.165) is 36.1 Å². The second kappa shape index (κ2) is 8.62. The number of benzene rings is 1. The van der Waals surface area contributed by atoms with E-state index in [0.29, 0.717) is 18.8 Å². The van der Waals surface area contributed by atoms with E-state index in [9.17, 15) is 9.18 Å². The van der Waals surface area contributed by atoms with Crippen molar-refractivity contribution in [1.29, 1.82) is 0 Å². The van der Waals surface area contributed by atoms with Crippen LogP contribution in [0.1, 0.15) is 48.8 Å². The SMILES string of the molecule is CCCCCN(Cc1ccc(F)cc1)C(=O)Cc1c(C)noc1C. The molecule has 0 aliphatic heterocycles. The number of aromatic nitrogens is 1. The third-order valence-corrected chi connectivity index (χ3v) is 4.18. The molecule has 1 aromatic heterocycles. The summed E-state index contributed by atoms with van der Waals surface area (Å²) in [5.74, 6) is 0.472. The van der Waals surface area contributed by atoms with Gasteiger partial charge in [-0.05, 0) is 38.0 Å². The molecule has 5 heteroatoms. The van der Waals surface area contributed by atoms with Crippen LogP contribution in [0.15, 0.2) is 28.8 Å². The number of hydrogen-bond acceptors (Lipinski definition) is 3. The molecule has 0 saturated carbocycles. The Morgan fingerprint density at radius 1 is 1.21 bits per heavy atom. The smallest absolute Gasteiger partial charge is 0.227 e. The van der Waals surface area contributed by atoms with Crippen LogP contribution in [0.4, 0.5) is 4.39 Å². The maximum absolute atomic E-state index is 13.1. The monoisotopic (exact) mass is 332 g/mol. The maximum atomic E-state index is 13.1. The van der Waals surface area contributed by atoms with Gasteiger partial charge in [0.05, 0.1) is 12.1 Å². The van der Waals surface area contributed by atoms with E-state index in [1.165, 1.54) is 12.1 Å². The Bertz CT molecular complexity index is 645. The van der Waals surface area contributed by atoms with Gasteiger partial charge in [0.25, 0.3) is 0 Å². The largest absolute Gasteiger partial charge is 0.361 e. The second-order valence-electron chi connectivity index (χ2n) is 6.13. The van der Waals surface area contributed by atoms with E-state index in [1.807, 2.05) is 18.7 Å². The van der Waals surface area contributed by atoms with Gasteiger partial charge in [0.1, 0.15) is 11.6 Å². The number of rotatable bonds is 8. The fraction of sp³-hybridized carbons (Fsp3) is 0.474. The first-order chi connectivity index (χ1) is 11.5. The van der Waals surface area contributed by atoms with Crippen LogP contribution in [0.3, 0.4) is 0 Å². The van der Waals surface area contributed by atoms with Crippen molar-refractivity contribution in [3.8, 4) is 0 Å². The number of aryl methyl sites for hydroxylation is 2. The number of carbonyl (C=O) groups is 1. The molecule has 2 aromatic rings. The van der Waals surface area contributed by atoms with Crippen molar-refractivity contribution in [2.45, 2.75) is 53.0 Å². The molecule has 0 unspecified atom stereocenters. The molecule has 0 aliphatic rings. The molecule has 130 valence electrons. The van der Waals surface area contributed by atoms with Crippen molar-refractivity contribution >= 4 is 5.91 Å². The van der Waals surface area contributed by atoms with Gasteiger partial charge >= 0.3 is 0 Å². The van der Waals surface area contributed by atoms with Gasteiger partial charge in [-0.15, -0.1) is 0 Å². The predicted octanol–water partition coefficient (Wildman–Crippen LogP) is 4.19. The number of halogens is 1. The molecule has 4 nitrogen and oxygen atoms in total. The van der Waals surface area contributed by atoms with Crippen molar-refractivity contribution in [1.82, 2.24) is 10.1 Å². The van der Waals surface area contributed by atoms with Gasteiger partial charge in [-0.25, -0.2) is 4.39 Å². The molecule has 0 aliphatic carbocycles. The van der Waals surface area contributed by atoms with Gasteiger partial charge in [-0.3, -0.25) is 4.79 Å². The number of amides is 1. The maximum Gasteiger partial charge on any atom is 0.227 e. The zero-order valence-electron chi connectivity index (χ0n) is 14.6. The average Bonchev–Trinajstić information content (AvgIpc) is 2.88. The quantitative estimate of drug-likeness (QED) is 0.681. The van der Waals surface area contributed by atoms with E-state index in [2.05, 4.69) is 12.1 Å². The van der Waals surface area contributed by atoms with Crippen molar-refractivity contribution in [2.75, 3.05) is 6.54 Å². The molecule has 0 bridgehead atoms. The summed E-state index contributed by atoms with van der Waals surface area (Å²) in [5, 5.41) is 3.91. The van der Waals surface area contributed by atoms with Crippen molar-refractivity contribution in [3.63, 3.8) is 0 Å². The predicted molar refractivity (Wildman–Crippen MR) is 91.0 cm³/mol. The lowest BCUT2D eigenvalue weighted by atomic mass is 10.1. The molecule has 0 atom stereocenters. The summed E-state index contributed by atoms with van der Waals surface area (Å²) in [6.07, 6.45) is 3.43. The van der Waals surface area contributed by atoms with Gasteiger partial charge in [0.15, 0.2) is 0 Å². The van der Waals surface area contributed by atoms with Gasteiger partial charge in [0.2, 0.25) is 5.91 Å². The van der Waals surface area contributed by atoms with E-state index >= 15 is 0 Å². The third-order valence-electron chi connectivity index (χ3n) is 4.18. The number of hydrogen-bond donors (Lipinski definition) is 0. The molecule has 0 saturated heterocycles. The molecule has 1 amide bonds. The van der Waals surface area contributed by atoms with Crippen LogP contribution in [-0.4, -0.2) is 22.5 Å². The number of nitrogens with zero attached hydrogens (tertiary/aromatic N) is 2. The van der Waals surface area contributed by atoms with E-state index in [-0.39, 0.29) is 18.1 Å². The van der Waals surface area contributed by atoms with E-state index in [4.69, 9.17) is 4.52 Å². The van der Waals surface area contributed by atoms with Crippen molar-refractivity contribution in [2.24, 2.45) is 0 Å². The van der Waals surface area contributed by atoms with Crippen LogP contribution < -0.4 is 0 Å². The summed E-state index contributed by atoms with van der Waals surface area (Å²) in [5.41, 5.74) is 2.55. The van der Waals surface area contributed by atoms with E-state index < -0.39 is 0 Å². The van der Waals surface area contributed by atoms with Crippen LogP contribution in [0.2, 0.25) is 0 Å². The van der Waals surface area contributed by atoms with Crippen LogP contribution in [0.5, 0.6) is 0 Å². The summed E-state index contributed by atoms with van der Waals surface area (Å²) in [6, 6.07) is 6.31. The lowest BCUT2D eigenvalue weighted by Crippen LogP contribution is -2.33. The van der Waals surface area contributed by atoms with Gasteiger partial charge < -0.3 is 9.42 Å². The summed E-state index contributed by atoms with van der Waals surface area (Å²) < 4.78 is 18.2. The molecule has 1 heterocycles. The van der Waals surface area contributed by atoms with Crippen LogP contribution in [0, 0.1) is 19.7 Å². The van der Waals surface area contributed by atoms with Crippen molar-refractivity contribution < 1.29 is 13.7 Å². The lowest BCUT2D eigenvalue weighted by Gasteiger charge is -2.23. The molecule has 24 heavy (non-hydrogen) atoms. The van der Waals surface area contributed by atoms with Gasteiger partial charge in [0, 0.05) is 18.7 Å². The first-order valence-electron chi connectivity index (χ1n) is 8.45. The topological polar surface area (TPSA) is 46.3 Å². The molecule has 0 N–H and O–H groups in total. The summed E-state index contributed by atoms with van der Waals surface area (Å²) in [6.45, 7) is 7.00. The average molecular weight is 332 g/mol. The number of unbranched alkanes of at least 4 members (excludes halogenated alkanes) is 2. The number of carbonyl (C=O) groups excluding carboxylic acids is 1. The Hall–Kier alpha value is -2.17. The minimum Gasteiger partial charge on any atom is -0.361 e. The molecule has 1 aromatic carbocycles. The molecule has 0 spiro atoms. The first-order valence-corrected chi connectivity index (χ1v) is 8.45. The Kier molecular flexibility index (Phi) is 6.53. The first kappa shape index (κ1) is 18.2. The summed E-state index contributed by atoms with van der Waals surface area (Å²) >= 11 is 0. The summed E-state index contributed by atoms with van der Waals surface area (Å²) in [7, 11) is 0. The standard InChI is InChI=1S/C19H25FN2O2/c1-4-5-6-11-22(13-16-7-9-17(20)10-8-16)19(23)12-18-14(2)21-24-15(18)3/h7-10H,4-6,11-13H2,1-3H3. The van der Waals surface area contributed by atoms with Crippen LogP contribution in [-0.2, 0) is 17.8 Å². The molecular weight excluding hydrogens is 307 g/mol. The van der Waals surface area contributed by atoms with Crippen LogP contribution in [0.25, 0.3) is 0 Å². The highest BCUT2D eigenvalue weighted by Gasteiger charge is 2.19. The minimum absolute atomic E-state index is 0.0461. The Labute approximate surface area is 142 Å². The lowest BCUT2D eigenvalue weighted by molar-refractivity contribution is -0.131. The summed E-state index contributed by atoms with van der Waals surface area (Å²) in [4.78, 5) is 14.6. The molecule has 2 rings (SSSR count). The zero-order chi connectivity index (χ0) is 17.5. The van der Waals surface area contributed by atoms with Gasteiger partial charge in [-0.1, -0.05) is 37.1 Å². The zero-order valence-corrected chi connectivity index (χ0v) is 14.6. The fourth-order valence-electron chi connectivity index (χ4n) is 2.67. The second-order valence-corrected chi connectivity index (χ2v) is 6.13. The molecule has 0 radical (unpaired) electrons. The molecular formula is C19H25FN2O2. The highest BCUT2D eigenvalue weighted by molar-refractivity contribution is 5.79. The Balaban J connectivity index is 2.09. The highest BCUT2D eigenvalue weighted by atomic mass is 19.1. The minimum atomic E-state index is -0.265. The van der Waals surface area contributed by atoms with Gasteiger partial charge in [-0.2, -0.15) is 0 Å². The van der Waals surface area contributed by atoms with Crippen LogP contribution >= 0.6 is 0 Å². The highest BCUT2D eigenvalue weighted by Crippen LogP contribution is 2.16. The third kappa shape index (κ3) is 4.91. The fourth-order valence-corrected chi connectivity index (χ4v) is 2.67. The Morgan fingerprint density at radius 3 is 2.50 bits per heavy atom. The normalized spacial score (nSPS) is 10.8. The molecule has 0 fully saturated rings. The van der Waals surface area contributed by atoms with Crippen molar-refractivity contribution in [3.05, 3.63) is 52.7 Å². The Morgan fingerprint density at radius 2 is 1.92 bits per heavy atom. The van der Waals surface area contributed by atoms with E-state index in [1.54, 1.807) is 12.1 Å².